The number of rotatable bonds is 1. The Morgan fingerprint density at radius 1 is 0.516 bits per heavy atom. The molecule has 0 nitrogen and oxygen atoms in total. The molecule has 0 saturated heterocycles. The van der Waals surface area contributed by atoms with E-state index in [0.29, 0.717) is 0 Å². The molecule has 0 saturated carbocycles. The molecule has 4 aromatic rings. The van der Waals surface area contributed by atoms with Gasteiger partial charge >= 0.3 is 0 Å². The largest absolute Gasteiger partial charge is 0.0843 e. The lowest BCUT2D eigenvalue weighted by molar-refractivity contribution is 0.660. The third-order valence-corrected chi connectivity index (χ3v) is 7.79. The van der Waals surface area contributed by atoms with E-state index in [1.807, 2.05) is 6.07 Å². The third-order valence-electron chi connectivity index (χ3n) is 7.56. The average Bonchev–Trinajstić information content (AvgIpc) is 3.13. The topological polar surface area (TPSA) is 0 Å². The van der Waals surface area contributed by atoms with Gasteiger partial charge in [-0.15, -0.1) is 0 Å². The summed E-state index contributed by atoms with van der Waals surface area (Å²) in [7, 11) is 0. The molecular formula is C30H25Cl. The maximum absolute atomic E-state index is 6.39. The maximum Gasteiger partial charge on any atom is 0.0409 e. The van der Waals surface area contributed by atoms with Crippen molar-refractivity contribution in [3.8, 4) is 33.4 Å². The van der Waals surface area contributed by atoms with Crippen LogP contribution in [0.2, 0.25) is 5.02 Å². The summed E-state index contributed by atoms with van der Waals surface area (Å²) in [4.78, 5) is 0. The Morgan fingerprint density at radius 2 is 1.13 bits per heavy atom. The molecule has 4 aromatic carbocycles. The molecule has 0 heterocycles. The first-order valence-corrected chi connectivity index (χ1v) is 11.4. The molecule has 0 amide bonds. The monoisotopic (exact) mass is 420 g/mol. The van der Waals surface area contributed by atoms with Crippen molar-refractivity contribution in [2.45, 2.75) is 38.5 Å². The van der Waals surface area contributed by atoms with E-state index < -0.39 is 0 Å². The lowest BCUT2D eigenvalue weighted by Gasteiger charge is -2.23. The zero-order valence-electron chi connectivity index (χ0n) is 18.4. The van der Waals surface area contributed by atoms with Crippen molar-refractivity contribution in [3.05, 3.63) is 106 Å². The summed E-state index contributed by atoms with van der Waals surface area (Å²) in [6.45, 7) is 9.30. The van der Waals surface area contributed by atoms with E-state index in [0.717, 1.165) is 5.02 Å². The predicted molar refractivity (Wildman–Crippen MR) is 132 cm³/mol. The smallest absolute Gasteiger partial charge is 0.0409 e. The molecule has 0 radical (unpaired) electrons. The molecule has 0 fully saturated rings. The highest BCUT2D eigenvalue weighted by molar-refractivity contribution is 6.30. The molecule has 2 aliphatic rings. The first-order chi connectivity index (χ1) is 14.8. The summed E-state index contributed by atoms with van der Waals surface area (Å²) >= 11 is 6.39. The van der Waals surface area contributed by atoms with E-state index in [-0.39, 0.29) is 10.8 Å². The fourth-order valence-electron chi connectivity index (χ4n) is 5.87. The van der Waals surface area contributed by atoms with E-state index in [2.05, 4.69) is 100 Å². The van der Waals surface area contributed by atoms with Crippen molar-refractivity contribution in [1.82, 2.24) is 0 Å². The van der Waals surface area contributed by atoms with Gasteiger partial charge in [0.05, 0.1) is 0 Å². The minimum atomic E-state index is -0.0577. The summed E-state index contributed by atoms with van der Waals surface area (Å²) in [5.74, 6) is 0. The van der Waals surface area contributed by atoms with E-state index in [1.165, 1.54) is 55.6 Å². The van der Waals surface area contributed by atoms with E-state index in [4.69, 9.17) is 11.6 Å². The Labute approximate surface area is 189 Å². The van der Waals surface area contributed by atoms with Crippen LogP contribution in [0.15, 0.2) is 78.9 Å². The molecule has 1 heteroatoms. The Morgan fingerprint density at radius 3 is 1.97 bits per heavy atom. The zero-order valence-corrected chi connectivity index (χ0v) is 19.1. The summed E-state index contributed by atoms with van der Waals surface area (Å²) in [6, 6.07) is 29.0. The van der Waals surface area contributed by atoms with Crippen LogP contribution in [0.25, 0.3) is 33.4 Å². The van der Waals surface area contributed by atoms with Gasteiger partial charge in [0.1, 0.15) is 0 Å². The van der Waals surface area contributed by atoms with Crippen LogP contribution in [0.3, 0.4) is 0 Å². The predicted octanol–water partition coefficient (Wildman–Crippen LogP) is 8.62. The molecule has 152 valence electrons. The van der Waals surface area contributed by atoms with Crippen LogP contribution >= 0.6 is 11.6 Å². The van der Waals surface area contributed by atoms with Gasteiger partial charge in [-0.3, -0.25) is 0 Å². The Kier molecular flexibility index (Phi) is 3.73. The van der Waals surface area contributed by atoms with Gasteiger partial charge in [0, 0.05) is 15.9 Å². The molecule has 2 aliphatic carbocycles. The summed E-state index contributed by atoms with van der Waals surface area (Å²) in [5.41, 5.74) is 13.5. The number of benzene rings is 4. The highest BCUT2D eigenvalue weighted by Gasteiger charge is 2.38. The minimum Gasteiger partial charge on any atom is -0.0843 e. The summed E-state index contributed by atoms with van der Waals surface area (Å²) < 4.78 is 0. The Balaban J connectivity index is 1.60. The molecule has 0 aromatic heterocycles. The summed E-state index contributed by atoms with van der Waals surface area (Å²) in [5, 5.41) is 0.804. The van der Waals surface area contributed by atoms with E-state index >= 15 is 0 Å². The van der Waals surface area contributed by atoms with Gasteiger partial charge in [-0.25, -0.2) is 0 Å². The number of hydrogen-bond donors (Lipinski definition) is 0. The highest BCUT2D eigenvalue weighted by atomic mass is 35.5. The van der Waals surface area contributed by atoms with Crippen LogP contribution in [0.5, 0.6) is 0 Å². The van der Waals surface area contributed by atoms with Crippen LogP contribution in [0.1, 0.15) is 49.9 Å². The van der Waals surface area contributed by atoms with Crippen LogP contribution < -0.4 is 0 Å². The van der Waals surface area contributed by atoms with Gasteiger partial charge in [-0.1, -0.05) is 100.0 Å². The highest BCUT2D eigenvalue weighted by Crippen LogP contribution is 2.54. The molecule has 0 bridgehead atoms. The quantitative estimate of drug-likeness (QED) is 0.289. The first kappa shape index (κ1) is 18.9. The van der Waals surface area contributed by atoms with Gasteiger partial charge in [0.15, 0.2) is 0 Å². The fourth-order valence-corrected chi connectivity index (χ4v) is 6.04. The van der Waals surface area contributed by atoms with Gasteiger partial charge < -0.3 is 0 Å². The second-order valence-electron chi connectivity index (χ2n) is 9.97. The van der Waals surface area contributed by atoms with Crippen molar-refractivity contribution < 1.29 is 0 Å². The molecule has 6 rings (SSSR count). The van der Waals surface area contributed by atoms with Crippen molar-refractivity contribution >= 4 is 11.6 Å². The molecular weight excluding hydrogens is 396 g/mol. The lowest BCUT2D eigenvalue weighted by Crippen LogP contribution is -2.15. The van der Waals surface area contributed by atoms with Crippen molar-refractivity contribution in [1.29, 1.82) is 0 Å². The minimum absolute atomic E-state index is 0.00456. The molecule has 0 unspecified atom stereocenters. The first-order valence-electron chi connectivity index (χ1n) is 11.0. The Bertz CT molecular complexity index is 1390. The molecule has 0 aliphatic heterocycles. The second-order valence-corrected chi connectivity index (χ2v) is 10.4. The Hall–Kier alpha value is -2.83. The standard InChI is InChI=1S/C30H25Cl/c1-29(2)24-10-6-5-8-21(24)22-14-12-18(16-26(22)29)20-9-7-11-25-28(20)23-15-13-19(31)17-27(23)30(25,3)4/h5-17H,1-4H3. The summed E-state index contributed by atoms with van der Waals surface area (Å²) in [6.07, 6.45) is 0. The number of hydrogen-bond acceptors (Lipinski definition) is 0. The normalized spacial score (nSPS) is 16.4. The van der Waals surface area contributed by atoms with E-state index in [9.17, 15) is 0 Å². The number of fused-ring (bicyclic) bond motifs is 6. The number of halogens is 1. The SMILES string of the molecule is CC1(C)c2ccccc2-c2ccc(-c3cccc4c3-c3ccc(Cl)cc3C4(C)C)cc21. The average molecular weight is 421 g/mol. The van der Waals surface area contributed by atoms with Crippen molar-refractivity contribution in [2.75, 3.05) is 0 Å². The molecule has 31 heavy (non-hydrogen) atoms. The van der Waals surface area contributed by atoms with Gasteiger partial charge in [0.25, 0.3) is 0 Å². The molecule has 0 N–H and O–H groups in total. The molecule has 0 atom stereocenters. The third kappa shape index (κ3) is 2.43. The van der Waals surface area contributed by atoms with Crippen LogP contribution in [0.4, 0.5) is 0 Å². The maximum atomic E-state index is 6.39. The fraction of sp³-hybridized carbons (Fsp3) is 0.200. The van der Waals surface area contributed by atoms with Crippen LogP contribution in [-0.2, 0) is 10.8 Å². The molecule has 0 spiro atoms. The second kappa shape index (κ2) is 6.11. The van der Waals surface area contributed by atoms with Crippen LogP contribution in [-0.4, -0.2) is 0 Å². The zero-order chi connectivity index (χ0) is 21.5. The van der Waals surface area contributed by atoms with Gasteiger partial charge in [0.2, 0.25) is 0 Å². The van der Waals surface area contributed by atoms with E-state index in [1.54, 1.807) is 0 Å². The van der Waals surface area contributed by atoms with Crippen molar-refractivity contribution in [2.24, 2.45) is 0 Å². The van der Waals surface area contributed by atoms with Gasteiger partial charge in [-0.05, 0) is 73.8 Å². The van der Waals surface area contributed by atoms with Gasteiger partial charge in [-0.2, -0.15) is 0 Å². The lowest BCUT2D eigenvalue weighted by atomic mass is 9.80. The van der Waals surface area contributed by atoms with Crippen LogP contribution in [0, 0.1) is 0 Å². The van der Waals surface area contributed by atoms with Crippen molar-refractivity contribution in [3.63, 3.8) is 0 Å².